The van der Waals surface area contributed by atoms with Gasteiger partial charge >= 0.3 is 11.8 Å². The van der Waals surface area contributed by atoms with E-state index in [2.05, 4.69) is 32.4 Å². The van der Waals surface area contributed by atoms with E-state index < -0.39 is 11.8 Å². The Kier molecular flexibility index (Phi) is 7.32. The summed E-state index contributed by atoms with van der Waals surface area (Å²) >= 11 is 3.27. The summed E-state index contributed by atoms with van der Waals surface area (Å²) in [5.74, 6) is -0.739. The van der Waals surface area contributed by atoms with Gasteiger partial charge in [-0.25, -0.2) is 0 Å². The van der Waals surface area contributed by atoms with Gasteiger partial charge in [-0.05, 0) is 72.6 Å². The van der Waals surface area contributed by atoms with Crippen molar-refractivity contribution >= 4 is 40.6 Å². The molecule has 0 saturated carbocycles. The van der Waals surface area contributed by atoms with Gasteiger partial charge in [0.1, 0.15) is 0 Å². The van der Waals surface area contributed by atoms with E-state index in [0.29, 0.717) is 18.2 Å². The summed E-state index contributed by atoms with van der Waals surface area (Å²) < 4.78 is 0. The zero-order valence-corrected chi connectivity index (χ0v) is 17.1. The zero-order chi connectivity index (χ0) is 19.1. The molecule has 0 aliphatic carbocycles. The minimum atomic E-state index is -0.605. The van der Waals surface area contributed by atoms with Gasteiger partial charge in [0.15, 0.2) is 0 Å². The third-order valence-corrected chi connectivity index (χ3v) is 6.33. The van der Waals surface area contributed by atoms with Gasteiger partial charge < -0.3 is 10.6 Å². The lowest BCUT2D eigenvalue weighted by molar-refractivity contribution is -0.136. The lowest BCUT2D eigenvalue weighted by atomic mass is 9.96. The number of rotatable bonds is 6. The highest BCUT2D eigenvalue weighted by Crippen LogP contribution is 2.24. The highest BCUT2D eigenvalue weighted by molar-refractivity contribution is 7.98. The summed E-state index contributed by atoms with van der Waals surface area (Å²) in [4.78, 5) is 27.7. The van der Waals surface area contributed by atoms with Crippen molar-refractivity contribution in [1.29, 1.82) is 0 Å². The highest BCUT2D eigenvalue weighted by atomic mass is 32.2. The van der Waals surface area contributed by atoms with Crippen molar-refractivity contribution < 1.29 is 9.59 Å². The number of piperidine rings is 1. The minimum absolute atomic E-state index is 0.430. The molecule has 0 radical (unpaired) electrons. The topological polar surface area (TPSA) is 61.4 Å². The summed E-state index contributed by atoms with van der Waals surface area (Å²) in [5, 5.41) is 9.80. The number of thiophene rings is 1. The fourth-order valence-corrected chi connectivity index (χ4v) is 4.45. The first-order chi connectivity index (χ1) is 13.2. The minimum Gasteiger partial charge on any atom is -0.348 e. The van der Waals surface area contributed by atoms with Crippen LogP contribution in [0.5, 0.6) is 0 Å². The van der Waals surface area contributed by atoms with Gasteiger partial charge in [0.25, 0.3) is 0 Å². The molecule has 1 aromatic heterocycles. The molecule has 1 fully saturated rings. The van der Waals surface area contributed by atoms with Crippen molar-refractivity contribution in [1.82, 2.24) is 10.2 Å². The van der Waals surface area contributed by atoms with E-state index in [4.69, 9.17) is 0 Å². The number of thioether (sulfide) groups is 1. The molecule has 2 aromatic rings. The fourth-order valence-electron chi connectivity index (χ4n) is 3.23. The van der Waals surface area contributed by atoms with E-state index >= 15 is 0 Å². The van der Waals surface area contributed by atoms with Gasteiger partial charge in [-0.1, -0.05) is 12.1 Å². The molecule has 144 valence electrons. The van der Waals surface area contributed by atoms with Crippen LogP contribution in [-0.2, 0) is 16.1 Å². The van der Waals surface area contributed by atoms with Gasteiger partial charge in [0, 0.05) is 18.0 Å². The molecule has 0 atom stereocenters. The quantitative estimate of drug-likeness (QED) is 0.573. The summed E-state index contributed by atoms with van der Waals surface area (Å²) in [6.45, 7) is 3.62. The van der Waals surface area contributed by atoms with E-state index in [1.165, 1.54) is 17.3 Å². The number of para-hydroxylation sites is 1. The van der Waals surface area contributed by atoms with Crippen LogP contribution in [0.25, 0.3) is 0 Å². The van der Waals surface area contributed by atoms with Crippen LogP contribution in [0.1, 0.15) is 18.4 Å². The van der Waals surface area contributed by atoms with Crippen LogP contribution in [0.4, 0.5) is 5.69 Å². The number of hydrogen-bond acceptors (Lipinski definition) is 5. The van der Waals surface area contributed by atoms with Crippen LogP contribution in [0, 0.1) is 5.92 Å². The molecule has 2 amide bonds. The Bertz CT molecular complexity index is 756. The summed E-state index contributed by atoms with van der Waals surface area (Å²) in [6.07, 6.45) is 4.03. The number of hydrogen-bond donors (Lipinski definition) is 2. The third-order valence-electron chi connectivity index (χ3n) is 4.81. The lowest BCUT2D eigenvalue weighted by Gasteiger charge is -2.31. The molecule has 1 aliphatic rings. The first-order valence-corrected chi connectivity index (χ1v) is 11.3. The van der Waals surface area contributed by atoms with Crippen molar-refractivity contribution in [3.63, 3.8) is 0 Å². The van der Waals surface area contributed by atoms with E-state index in [1.54, 1.807) is 17.4 Å². The zero-order valence-electron chi connectivity index (χ0n) is 15.4. The van der Waals surface area contributed by atoms with Crippen molar-refractivity contribution in [2.24, 2.45) is 5.92 Å². The standard InChI is InChI=1S/C20H25N3O2S2/c1-26-18-5-3-2-4-17(18)22-20(25)19(24)21-12-15-6-9-23(10-7-15)13-16-8-11-27-14-16/h2-5,8,11,14-15H,6-7,9-10,12-13H2,1H3,(H,21,24)(H,22,25). The number of carbonyl (C=O) groups excluding carboxylic acids is 2. The van der Waals surface area contributed by atoms with Crippen molar-refractivity contribution in [3.05, 3.63) is 46.7 Å². The Balaban J connectivity index is 1.39. The molecule has 27 heavy (non-hydrogen) atoms. The molecular formula is C20H25N3O2S2. The van der Waals surface area contributed by atoms with Crippen LogP contribution in [-0.4, -0.2) is 42.6 Å². The summed E-state index contributed by atoms with van der Waals surface area (Å²) in [5.41, 5.74) is 2.04. The molecule has 3 rings (SSSR count). The van der Waals surface area contributed by atoms with Crippen LogP contribution in [0.3, 0.4) is 0 Å². The predicted molar refractivity (Wildman–Crippen MR) is 112 cm³/mol. The maximum atomic E-state index is 12.1. The molecule has 2 N–H and O–H groups in total. The van der Waals surface area contributed by atoms with Crippen LogP contribution >= 0.6 is 23.1 Å². The molecule has 7 heteroatoms. The molecule has 2 heterocycles. The van der Waals surface area contributed by atoms with E-state index in [1.807, 2.05) is 24.5 Å². The average molecular weight is 404 g/mol. The number of carbonyl (C=O) groups is 2. The van der Waals surface area contributed by atoms with Crippen LogP contribution < -0.4 is 10.6 Å². The second-order valence-electron chi connectivity index (χ2n) is 6.72. The molecule has 1 saturated heterocycles. The number of likely N-dealkylation sites (tertiary alicyclic amines) is 1. The van der Waals surface area contributed by atoms with Gasteiger partial charge in [0.2, 0.25) is 0 Å². The lowest BCUT2D eigenvalue weighted by Crippen LogP contribution is -2.41. The monoisotopic (exact) mass is 403 g/mol. The van der Waals surface area contributed by atoms with Gasteiger partial charge in [-0.2, -0.15) is 11.3 Å². The smallest absolute Gasteiger partial charge is 0.313 e. The number of nitrogens with one attached hydrogen (secondary N) is 2. The van der Waals surface area contributed by atoms with Crippen LogP contribution in [0.15, 0.2) is 46.0 Å². The molecule has 1 aromatic carbocycles. The molecule has 5 nitrogen and oxygen atoms in total. The summed E-state index contributed by atoms with van der Waals surface area (Å²) in [7, 11) is 0. The van der Waals surface area contributed by atoms with Crippen molar-refractivity contribution in [2.75, 3.05) is 31.2 Å². The Labute approximate surface area is 168 Å². The molecule has 0 spiro atoms. The largest absolute Gasteiger partial charge is 0.348 e. The number of amides is 2. The van der Waals surface area contributed by atoms with Crippen molar-refractivity contribution in [3.8, 4) is 0 Å². The Morgan fingerprint density at radius 2 is 1.96 bits per heavy atom. The first-order valence-electron chi connectivity index (χ1n) is 9.11. The number of nitrogens with zero attached hydrogens (tertiary/aromatic N) is 1. The SMILES string of the molecule is CSc1ccccc1NC(=O)C(=O)NCC1CCN(Cc2ccsc2)CC1. The molecule has 0 unspecified atom stereocenters. The predicted octanol–water partition coefficient (Wildman–Crippen LogP) is 3.44. The summed E-state index contributed by atoms with van der Waals surface area (Å²) in [6, 6.07) is 9.65. The fraction of sp³-hybridized carbons (Fsp3) is 0.400. The maximum absolute atomic E-state index is 12.1. The second kappa shape index (κ2) is 9.92. The number of benzene rings is 1. The third kappa shape index (κ3) is 5.82. The van der Waals surface area contributed by atoms with Gasteiger partial charge in [0.05, 0.1) is 5.69 Å². The van der Waals surface area contributed by atoms with E-state index in [0.717, 1.165) is 37.4 Å². The molecule has 0 bridgehead atoms. The van der Waals surface area contributed by atoms with E-state index in [-0.39, 0.29) is 0 Å². The number of anilines is 1. The van der Waals surface area contributed by atoms with Gasteiger partial charge in [-0.15, -0.1) is 11.8 Å². The van der Waals surface area contributed by atoms with Crippen molar-refractivity contribution in [2.45, 2.75) is 24.3 Å². The normalized spacial score (nSPS) is 15.4. The Hall–Kier alpha value is -1.83. The first kappa shape index (κ1) is 19.9. The average Bonchev–Trinajstić information content (AvgIpc) is 3.20. The van der Waals surface area contributed by atoms with Gasteiger partial charge in [-0.3, -0.25) is 14.5 Å². The molecule has 1 aliphatic heterocycles. The van der Waals surface area contributed by atoms with E-state index in [9.17, 15) is 9.59 Å². The van der Waals surface area contributed by atoms with Crippen LogP contribution in [0.2, 0.25) is 0 Å². The Morgan fingerprint density at radius 3 is 2.67 bits per heavy atom. The molecular weight excluding hydrogens is 378 g/mol. The Morgan fingerprint density at radius 1 is 1.19 bits per heavy atom. The highest BCUT2D eigenvalue weighted by Gasteiger charge is 2.21. The second-order valence-corrected chi connectivity index (χ2v) is 8.34. The maximum Gasteiger partial charge on any atom is 0.313 e.